The van der Waals surface area contributed by atoms with Crippen molar-refractivity contribution in [3.8, 4) is 0 Å². The Morgan fingerprint density at radius 2 is 1.70 bits per heavy atom. The zero-order valence-electron chi connectivity index (χ0n) is 19.2. The number of carbonyl (C=O) groups is 2. The van der Waals surface area contributed by atoms with Crippen LogP contribution in [0.2, 0.25) is 0 Å². The molecule has 3 fully saturated rings. The molecule has 33 heavy (non-hydrogen) atoms. The smallest absolute Gasteiger partial charge is 0.290 e. The number of fused-ring (bicyclic) bond motifs is 2. The zero-order valence-corrected chi connectivity index (χ0v) is 19.2. The minimum absolute atomic E-state index is 0.0147. The highest BCUT2D eigenvalue weighted by Crippen LogP contribution is 2.56. The Kier molecular flexibility index (Phi) is 4.65. The third kappa shape index (κ3) is 3.05. The number of piperidine rings is 1. The minimum Gasteiger partial charge on any atom is -0.451 e. The molecule has 1 aliphatic carbocycles. The quantitative estimate of drug-likeness (QED) is 0.571. The molecule has 6 rings (SSSR count). The summed E-state index contributed by atoms with van der Waals surface area (Å²) in [5.74, 6) is 0.492. The molecule has 3 heterocycles. The van der Waals surface area contributed by atoms with Crippen molar-refractivity contribution in [3.63, 3.8) is 0 Å². The normalized spacial score (nSPS) is 30.6. The molecule has 170 valence electrons. The molecule has 0 radical (unpaired) electrons. The van der Waals surface area contributed by atoms with Gasteiger partial charge in [-0.1, -0.05) is 55.5 Å². The highest BCUT2D eigenvalue weighted by molar-refractivity contribution is 5.97. The van der Waals surface area contributed by atoms with Crippen molar-refractivity contribution >= 4 is 22.8 Å². The zero-order chi connectivity index (χ0) is 22.7. The molecule has 2 aromatic carbocycles. The summed E-state index contributed by atoms with van der Waals surface area (Å²) in [7, 11) is 0. The van der Waals surface area contributed by atoms with Gasteiger partial charge in [0.15, 0.2) is 5.76 Å². The van der Waals surface area contributed by atoms with Gasteiger partial charge in [0.2, 0.25) is 5.91 Å². The second-order valence-electron chi connectivity index (χ2n) is 10.3. The van der Waals surface area contributed by atoms with Crippen LogP contribution in [0.4, 0.5) is 0 Å². The van der Waals surface area contributed by atoms with Gasteiger partial charge < -0.3 is 14.2 Å². The average Bonchev–Trinajstić information content (AvgIpc) is 3.37. The molecule has 2 bridgehead atoms. The van der Waals surface area contributed by atoms with Gasteiger partial charge >= 0.3 is 0 Å². The first kappa shape index (κ1) is 20.5. The first-order valence-electron chi connectivity index (χ1n) is 12.1. The van der Waals surface area contributed by atoms with Gasteiger partial charge in [0, 0.05) is 29.8 Å². The second kappa shape index (κ2) is 7.47. The number of furan rings is 1. The van der Waals surface area contributed by atoms with Gasteiger partial charge in [-0.3, -0.25) is 9.59 Å². The Balaban J connectivity index is 1.44. The van der Waals surface area contributed by atoms with Crippen LogP contribution >= 0.6 is 0 Å². The molecule has 3 aromatic rings. The highest BCUT2D eigenvalue weighted by Gasteiger charge is 2.64. The monoisotopic (exact) mass is 442 g/mol. The van der Waals surface area contributed by atoms with Crippen LogP contribution in [-0.4, -0.2) is 45.8 Å². The SMILES string of the molecule is CC(=O)N1[C@H](Cc2ccccc2)[C@@H]2C[C@@]3(C)[C@H](CCC[C@@H]13)N2C(=O)c1cc2ccccc2o1. The molecule has 5 nitrogen and oxygen atoms in total. The lowest BCUT2D eigenvalue weighted by Crippen LogP contribution is -2.62. The lowest BCUT2D eigenvalue weighted by molar-refractivity contribution is -0.142. The fourth-order valence-corrected chi connectivity index (χ4v) is 7.14. The van der Waals surface area contributed by atoms with Crippen LogP contribution in [0.3, 0.4) is 0 Å². The van der Waals surface area contributed by atoms with E-state index in [4.69, 9.17) is 4.42 Å². The van der Waals surface area contributed by atoms with E-state index in [0.29, 0.717) is 5.76 Å². The molecular formula is C28H30N2O3. The largest absolute Gasteiger partial charge is 0.451 e. The Labute approximate surface area is 194 Å². The van der Waals surface area contributed by atoms with Crippen molar-refractivity contribution in [2.75, 3.05) is 0 Å². The molecule has 0 unspecified atom stereocenters. The number of hydrogen-bond donors (Lipinski definition) is 0. The van der Waals surface area contributed by atoms with Crippen molar-refractivity contribution in [1.29, 1.82) is 0 Å². The molecule has 2 saturated heterocycles. The summed E-state index contributed by atoms with van der Waals surface area (Å²) in [6.45, 7) is 4.00. The standard InChI is InChI=1S/C28H30N2O3/c1-18(31)29-21(15-19-9-4-3-5-10-19)22-17-28(2)25(29)13-8-14-26(28)30(22)27(32)24-16-20-11-6-7-12-23(20)33-24/h3-7,9-12,16,21-22,25-26H,8,13-15,17H2,1-2H3/t21-,22+,25-,26+,28-/m1/s1. The third-order valence-corrected chi connectivity index (χ3v) is 8.48. The van der Waals surface area contributed by atoms with E-state index in [2.05, 4.69) is 28.9 Å². The minimum atomic E-state index is -0.0799. The van der Waals surface area contributed by atoms with Crippen molar-refractivity contribution < 1.29 is 14.0 Å². The van der Waals surface area contributed by atoms with Crippen LogP contribution in [0.5, 0.6) is 0 Å². The van der Waals surface area contributed by atoms with Gasteiger partial charge in [-0.2, -0.15) is 0 Å². The van der Waals surface area contributed by atoms with Crippen molar-refractivity contribution in [2.45, 2.75) is 70.1 Å². The molecule has 5 heteroatoms. The molecule has 3 aliphatic rings. The van der Waals surface area contributed by atoms with Crippen LogP contribution in [0.1, 0.15) is 55.6 Å². The van der Waals surface area contributed by atoms with Gasteiger partial charge in [-0.15, -0.1) is 0 Å². The molecule has 5 atom stereocenters. The first-order valence-corrected chi connectivity index (χ1v) is 12.1. The fourth-order valence-electron chi connectivity index (χ4n) is 7.14. The molecular weight excluding hydrogens is 412 g/mol. The Morgan fingerprint density at radius 1 is 1.00 bits per heavy atom. The molecule has 2 amide bonds. The van der Waals surface area contributed by atoms with E-state index in [1.54, 1.807) is 6.92 Å². The average molecular weight is 443 g/mol. The number of amides is 2. The van der Waals surface area contributed by atoms with E-state index >= 15 is 0 Å². The number of hydrogen-bond acceptors (Lipinski definition) is 3. The van der Waals surface area contributed by atoms with Gasteiger partial charge in [0.05, 0.1) is 12.1 Å². The van der Waals surface area contributed by atoms with Crippen LogP contribution < -0.4 is 0 Å². The summed E-state index contributed by atoms with van der Waals surface area (Å²) >= 11 is 0. The summed E-state index contributed by atoms with van der Waals surface area (Å²) in [5.41, 5.74) is 1.86. The van der Waals surface area contributed by atoms with E-state index in [1.165, 1.54) is 5.56 Å². The van der Waals surface area contributed by atoms with E-state index in [-0.39, 0.29) is 41.4 Å². The molecule has 1 saturated carbocycles. The number of likely N-dealkylation sites (tertiary alicyclic amines) is 2. The maximum atomic E-state index is 14.0. The Morgan fingerprint density at radius 3 is 2.42 bits per heavy atom. The van der Waals surface area contributed by atoms with Crippen LogP contribution in [0.15, 0.2) is 65.1 Å². The summed E-state index contributed by atoms with van der Waals surface area (Å²) in [6.07, 6.45) is 4.73. The lowest BCUT2D eigenvalue weighted by Gasteiger charge is -2.52. The maximum absolute atomic E-state index is 14.0. The van der Waals surface area contributed by atoms with Crippen molar-refractivity contribution in [3.05, 3.63) is 72.0 Å². The van der Waals surface area contributed by atoms with Gasteiger partial charge in [0.25, 0.3) is 5.91 Å². The van der Waals surface area contributed by atoms with Crippen LogP contribution in [0.25, 0.3) is 11.0 Å². The van der Waals surface area contributed by atoms with Crippen LogP contribution in [0, 0.1) is 5.41 Å². The number of rotatable bonds is 3. The first-order chi connectivity index (χ1) is 16.0. The van der Waals surface area contributed by atoms with E-state index in [0.717, 1.165) is 43.1 Å². The maximum Gasteiger partial charge on any atom is 0.290 e. The molecule has 0 spiro atoms. The van der Waals surface area contributed by atoms with Gasteiger partial charge in [-0.05, 0) is 49.8 Å². The second-order valence-corrected chi connectivity index (χ2v) is 10.3. The van der Waals surface area contributed by atoms with Crippen molar-refractivity contribution in [1.82, 2.24) is 9.80 Å². The number of carbonyl (C=O) groups excluding carboxylic acids is 2. The van der Waals surface area contributed by atoms with Crippen molar-refractivity contribution in [2.24, 2.45) is 5.41 Å². The molecule has 2 aliphatic heterocycles. The highest BCUT2D eigenvalue weighted by atomic mass is 16.3. The summed E-state index contributed by atoms with van der Waals surface area (Å²) in [4.78, 5) is 31.3. The van der Waals surface area contributed by atoms with Gasteiger partial charge in [-0.25, -0.2) is 0 Å². The predicted octanol–water partition coefficient (Wildman–Crippen LogP) is 5.05. The summed E-state index contributed by atoms with van der Waals surface area (Å²) in [5, 5.41) is 0.946. The molecule has 1 aromatic heterocycles. The number of para-hydroxylation sites is 1. The van der Waals surface area contributed by atoms with E-state index in [9.17, 15) is 9.59 Å². The lowest BCUT2D eigenvalue weighted by atomic mass is 9.64. The number of nitrogens with zero attached hydrogens (tertiary/aromatic N) is 2. The summed E-state index contributed by atoms with van der Waals surface area (Å²) < 4.78 is 6.02. The third-order valence-electron chi connectivity index (χ3n) is 8.48. The topological polar surface area (TPSA) is 53.8 Å². The fraction of sp³-hybridized carbons (Fsp3) is 0.429. The Bertz CT molecular complexity index is 1190. The van der Waals surface area contributed by atoms with Crippen LogP contribution in [-0.2, 0) is 11.2 Å². The molecule has 0 N–H and O–H groups in total. The van der Waals surface area contributed by atoms with E-state index < -0.39 is 0 Å². The summed E-state index contributed by atoms with van der Waals surface area (Å²) in [6, 6.07) is 20.3. The van der Waals surface area contributed by atoms with Gasteiger partial charge in [0.1, 0.15) is 5.58 Å². The van der Waals surface area contributed by atoms with E-state index in [1.807, 2.05) is 48.5 Å². The number of benzene rings is 2. The Hall–Kier alpha value is -3.08. The predicted molar refractivity (Wildman–Crippen MR) is 127 cm³/mol.